The summed E-state index contributed by atoms with van der Waals surface area (Å²) >= 11 is 0. The summed E-state index contributed by atoms with van der Waals surface area (Å²) in [6, 6.07) is 5.56. The number of rotatable bonds is 3. The van der Waals surface area contributed by atoms with E-state index < -0.39 is 29.4 Å². The topological polar surface area (TPSA) is 77.8 Å². The van der Waals surface area contributed by atoms with Crippen molar-refractivity contribution in [1.82, 2.24) is 0 Å². The third-order valence-corrected chi connectivity index (χ3v) is 2.28. The number of hydrogen-bond acceptors (Lipinski definition) is 3. The minimum atomic E-state index is -5.31. The van der Waals surface area contributed by atoms with Crippen LogP contribution < -0.4 is 0 Å². The number of alkyl halides is 3. The maximum atomic E-state index is 12.7. The van der Waals surface area contributed by atoms with E-state index in [9.17, 15) is 23.1 Å². The van der Waals surface area contributed by atoms with Crippen molar-refractivity contribution in [1.29, 1.82) is 0 Å². The summed E-state index contributed by atoms with van der Waals surface area (Å²) in [5, 5.41) is 27.0. The number of benzene rings is 1. The first-order valence-electron chi connectivity index (χ1n) is 4.46. The van der Waals surface area contributed by atoms with Crippen molar-refractivity contribution in [2.75, 3.05) is 0 Å². The zero-order chi connectivity index (χ0) is 13.3. The normalized spacial score (nSPS) is 17.2. The van der Waals surface area contributed by atoms with E-state index in [0.29, 0.717) is 0 Å². The van der Waals surface area contributed by atoms with Crippen molar-refractivity contribution < 1.29 is 33.3 Å². The summed E-state index contributed by atoms with van der Waals surface area (Å²) in [7, 11) is 0. The van der Waals surface area contributed by atoms with Crippen LogP contribution in [0.5, 0.6) is 0 Å². The van der Waals surface area contributed by atoms with Crippen molar-refractivity contribution in [2.24, 2.45) is 0 Å². The molecule has 0 aliphatic carbocycles. The Balaban J connectivity index is 3.36. The van der Waals surface area contributed by atoms with Crippen LogP contribution in [0.3, 0.4) is 0 Å². The Bertz CT molecular complexity index is 404. The lowest BCUT2D eigenvalue weighted by Gasteiger charge is -2.32. The van der Waals surface area contributed by atoms with Gasteiger partial charge < -0.3 is 15.3 Å². The van der Waals surface area contributed by atoms with Crippen molar-refractivity contribution in [3.8, 4) is 0 Å². The number of hydrogen-bond donors (Lipinski definition) is 3. The van der Waals surface area contributed by atoms with E-state index >= 15 is 0 Å². The number of carbonyl (C=O) groups is 1. The highest BCUT2D eigenvalue weighted by Gasteiger charge is 2.62. The Kier molecular flexibility index (Phi) is 3.44. The summed E-state index contributed by atoms with van der Waals surface area (Å²) in [5.41, 5.74) is -4.57. The fourth-order valence-corrected chi connectivity index (χ4v) is 1.35. The highest BCUT2D eigenvalue weighted by molar-refractivity contribution is 5.74. The van der Waals surface area contributed by atoms with Crippen LogP contribution in [0.4, 0.5) is 13.2 Å². The average Bonchev–Trinajstić information content (AvgIpc) is 2.26. The molecule has 4 nitrogen and oxygen atoms in total. The standard InChI is InChI=1S/C10H9F3O4/c11-10(12,13)9(17,7(14)8(15)16)6-4-2-1-3-5-6/h1-5,7,14,17H,(H,15,16)/t7-,9+/m0/s1. The molecule has 0 heterocycles. The second kappa shape index (κ2) is 4.34. The van der Waals surface area contributed by atoms with Crippen molar-refractivity contribution >= 4 is 5.97 Å². The highest BCUT2D eigenvalue weighted by Crippen LogP contribution is 2.41. The van der Waals surface area contributed by atoms with E-state index in [1.54, 1.807) is 0 Å². The molecule has 0 fully saturated rings. The molecule has 3 N–H and O–H groups in total. The van der Waals surface area contributed by atoms with Gasteiger partial charge in [-0.3, -0.25) is 0 Å². The number of carboxylic acids is 1. The first-order valence-corrected chi connectivity index (χ1v) is 4.46. The second-order valence-corrected chi connectivity index (χ2v) is 3.37. The Morgan fingerprint density at radius 3 is 2.00 bits per heavy atom. The summed E-state index contributed by atoms with van der Waals surface area (Å²) < 4.78 is 38.2. The molecule has 1 rings (SSSR count). The van der Waals surface area contributed by atoms with Crippen molar-refractivity contribution in [2.45, 2.75) is 17.9 Å². The van der Waals surface area contributed by atoms with Gasteiger partial charge in [-0.1, -0.05) is 30.3 Å². The van der Waals surface area contributed by atoms with E-state index in [1.165, 1.54) is 18.2 Å². The van der Waals surface area contributed by atoms with Crippen LogP contribution in [0.2, 0.25) is 0 Å². The van der Waals surface area contributed by atoms with E-state index in [4.69, 9.17) is 10.2 Å². The van der Waals surface area contributed by atoms with Gasteiger partial charge in [-0.05, 0) is 5.56 Å². The molecule has 0 saturated carbocycles. The van der Waals surface area contributed by atoms with Crippen molar-refractivity contribution in [3.05, 3.63) is 35.9 Å². The molecule has 0 radical (unpaired) electrons. The maximum Gasteiger partial charge on any atom is 0.424 e. The minimum absolute atomic E-state index is 0.734. The summed E-state index contributed by atoms with van der Waals surface area (Å²) in [6.45, 7) is 0. The predicted molar refractivity (Wildman–Crippen MR) is 50.0 cm³/mol. The molecule has 0 amide bonds. The molecule has 17 heavy (non-hydrogen) atoms. The molecular formula is C10H9F3O4. The average molecular weight is 250 g/mol. The molecule has 0 spiro atoms. The van der Waals surface area contributed by atoms with Gasteiger partial charge in [0.15, 0.2) is 6.10 Å². The lowest BCUT2D eigenvalue weighted by molar-refractivity contribution is -0.295. The lowest BCUT2D eigenvalue weighted by atomic mass is 9.87. The van der Waals surface area contributed by atoms with Crippen LogP contribution >= 0.6 is 0 Å². The number of halogens is 3. The van der Waals surface area contributed by atoms with Gasteiger partial charge >= 0.3 is 12.1 Å². The monoisotopic (exact) mass is 250 g/mol. The number of carboxylic acid groups (broad SMARTS) is 1. The third kappa shape index (κ3) is 2.25. The number of aliphatic carboxylic acids is 1. The van der Waals surface area contributed by atoms with Gasteiger partial charge in [-0.15, -0.1) is 0 Å². The van der Waals surface area contributed by atoms with Gasteiger partial charge in [0, 0.05) is 0 Å². The lowest BCUT2D eigenvalue weighted by Crippen LogP contribution is -2.54. The summed E-state index contributed by atoms with van der Waals surface area (Å²) in [6.07, 6.45) is -8.31. The molecule has 1 aromatic carbocycles. The van der Waals surface area contributed by atoms with Gasteiger partial charge in [0.1, 0.15) is 0 Å². The van der Waals surface area contributed by atoms with Crippen LogP contribution in [0.1, 0.15) is 5.56 Å². The van der Waals surface area contributed by atoms with Crippen LogP contribution in [0.15, 0.2) is 30.3 Å². The quantitative estimate of drug-likeness (QED) is 0.744. The predicted octanol–water partition coefficient (Wildman–Crippen LogP) is 0.882. The zero-order valence-corrected chi connectivity index (χ0v) is 8.35. The van der Waals surface area contributed by atoms with Gasteiger partial charge in [-0.2, -0.15) is 13.2 Å². The van der Waals surface area contributed by atoms with Crippen LogP contribution in [-0.2, 0) is 10.4 Å². The van der Waals surface area contributed by atoms with Crippen LogP contribution in [0.25, 0.3) is 0 Å². The Hall–Kier alpha value is -1.60. The largest absolute Gasteiger partial charge is 0.479 e. The van der Waals surface area contributed by atoms with E-state index in [1.807, 2.05) is 0 Å². The molecule has 0 aliphatic heterocycles. The van der Waals surface area contributed by atoms with Gasteiger partial charge in [0.2, 0.25) is 5.60 Å². The minimum Gasteiger partial charge on any atom is -0.479 e. The SMILES string of the molecule is O=C(O)[C@H](O)[C@](O)(c1ccccc1)C(F)(F)F. The first kappa shape index (κ1) is 13.5. The molecule has 0 saturated heterocycles. The molecule has 0 bridgehead atoms. The zero-order valence-electron chi connectivity index (χ0n) is 8.35. The molecule has 7 heteroatoms. The highest BCUT2D eigenvalue weighted by atomic mass is 19.4. The first-order chi connectivity index (χ1) is 7.71. The van der Waals surface area contributed by atoms with E-state index in [2.05, 4.69) is 0 Å². The molecule has 0 aliphatic rings. The molecular weight excluding hydrogens is 241 g/mol. The second-order valence-electron chi connectivity index (χ2n) is 3.37. The molecule has 0 unspecified atom stereocenters. The summed E-state index contributed by atoms with van der Waals surface area (Å²) in [5.74, 6) is -2.16. The molecule has 2 atom stereocenters. The number of aliphatic hydroxyl groups is 2. The maximum absolute atomic E-state index is 12.7. The molecule has 1 aromatic rings. The van der Waals surface area contributed by atoms with Crippen molar-refractivity contribution in [3.63, 3.8) is 0 Å². The fourth-order valence-electron chi connectivity index (χ4n) is 1.35. The Labute approximate surface area is 93.9 Å². The van der Waals surface area contributed by atoms with Gasteiger partial charge in [-0.25, -0.2) is 4.79 Å². The van der Waals surface area contributed by atoms with E-state index in [-0.39, 0.29) is 0 Å². The third-order valence-electron chi connectivity index (χ3n) is 2.28. The molecule has 94 valence electrons. The fraction of sp³-hybridized carbons (Fsp3) is 0.300. The Morgan fingerprint density at radius 1 is 1.18 bits per heavy atom. The van der Waals surface area contributed by atoms with Crippen LogP contribution in [-0.4, -0.2) is 33.6 Å². The van der Waals surface area contributed by atoms with E-state index in [0.717, 1.165) is 12.1 Å². The molecule has 0 aromatic heterocycles. The smallest absolute Gasteiger partial charge is 0.424 e. The van der Waals surface area contributed by atoms with Crippen LogP contribution in [0, 0.1) is 0 Å². The summed E-state index contributed by atoms with van der Waals surface area (Å²) in [4.78, 5) is 10.5. The number of aliphatic hydroxyl groups excluding tert-OH is 1. The Morgan fingerprint density at radius 2 is 1.65 bits per heavy atom. The van der Waals surface area contributed by atoms with Gasteiger partial charge in [0.05, 0.1) is 0 Å². The van der Waals surface area contributed by atoms with Gasteiger partial charge in [0.25, 0.3) is 0 Å².